The number of aromatic nitrogens is 2. The van der Waals surface area contributed by atoms with E-state index in [0.717, 1.165) is 0 Å². The summed E-state index contributed by atoms with van der Waals surface area (Å²) in [4.78, 5) is 4.08. The molecule has 8 heteroatoms. The molecule has 1 fully saturated rings. The Balaban J connectivity index is 2.30. The number of anilines is 1. The Hall–Kier alpha value is -1.06. The fourth-order valence-corrected chi connectivity index (χ4v) is 2.12. The third kappa shape index (κ3) is 2.25. The number of nitrogens with one attached hydrogen (secondary N) is 1. The van der Waals surface area contributed by atoms with Crippen molar-refractivity contribution in [2.75, 3.05) is 19.0 Å². The molecule has 2 heterocycles. The van der Waals surface area contributed by atoms with Crippen LogP contribution in [0.2, 0.25) is 0 Å². The van der Waals surface area contributed by atoms with Crippen molar-refractivity contribution in [1.29, 1.82) is 0 Å². The highest BCUT2D eigenvalue weighted by molar-refractivity contribution is 7.71. The molecule has 1 aromatic heterocycles. The van der Waals surface area contributed by atoms with E-state index in [0.29, 0.717) is 5.82 Å². The molecule has 0 radical (unpaired) electrons. The van der Waals surface area contributed by atoms with Crippen molar-refractivity contribution in [1.82, 2.24) is 9.55 Å². The van der Waals surface area contributed by atoms with Crippen LogP contribution < -0.4 is 5.32 Å². The van der Waals surface area contributed by atoms with Gasteiger partial charge in [0.25, 0.3) is 0 Å². The van der Waals surface area contributed by atoms with Gasteiger partial charge in [0, 0.05) is 13.2 Å². The monoisotopic (exact) mass is 273 g/mol. The molecule has 0 bridgehead atoms. The summed E-state index contributed by atoms with van der Waals surface area (Å²) in [5, 5.41) is 31.4. The average molecular weight is 273 g/mol. The molecule has 1 aromatic rings. The van der Waals surface area contributed by atoms with Gasteiger partial charge in [-0.1, -0.05) is 0 Å². The molecule has 1 aliphatic heterocycles. The van der Waals surface area contributed by atoms with Gasteiger partial charge < -0.3 is 25.4 Å². The molecule has 1 saturated heterocycles. The zero-order chi connectivity index (χ0) is 13.3. The second-order valence-corrected chi connectivity index (χ2v) is 4.35. The summed E-state index contributed by atoms with van der Waals surface area (Å²) in [6, 6.07) is 1.67. The second kappa shape index (κ2) is 5.29. The maximum Gasteiger partial charge on any atom is 0.203 e. The first-order valence-corrected chi connectivity index (χ1v) is 5.88. The van der Waals surface area contributed by atoms with Gasteiger partial charge in [0.05, 0.1) is 6.61 Å². The van der Waals surface area contributed by atoms with Crippen molar-refractivity contribution < 1.29 is 20.1 Å². The zero-order valence-corrected chi connectivity index (χ0v) is 10.5. The molecule has 0 amide bonds. The molecular weight excluding hydrogens is 258 g/mol. The number of ether oxygens (including phenoxy) is 1. The average Bonchev–Trinajstić information content (AvgIpc) is 2.66. The number of aliphatic hydroxyl groups is 3. The van der Waals surface area contributed by atoms with Crippen LogP contribution in [0.3, 0.4) is 0 Å². The van der Waals surface area contributed by atoms with Gasteiger partial charge in [-0.15, -0.1) is 0 Å². The van der Waals surface area contributed by atoms with Crippen LogP contribution in [-0.4, -0.2) is 56.8 Å². The Labute approximate surface area is 109 Å². The van der Waals surface area contributed by atoms with Crippen LogP contribution in [-0.2, 0) is 4.74 Å². The predicted molar refractivity (Wildman–Crippen MR) is 65.6 cm³/mol. The molecule has 7 nitrogen and oxygen atoms in total. The zero-order valence-electron chi connectivity index (χ0n) is 9.72. The van der Waals surface area contributed by atoms with E-state index in [9.17, 15) is 10.2 Å². The van der Waals surface area contributed by atoms with Crippen molar-refractivity contribution in [3.05, 3.63) is 17.0 Å². The van der Waals surface area contributed by atoms with E-state index in [1.54, 1.807) is 19.3 Å². The molecule has 0 saturated carbocycles. The first-order valence-electron chi connectivity index (χ1n) is 5.48. The van der Waals surface area contributed by atoms with E-state index in [1.807, 2.05) is 0 Å². The summed E-state index contributed by atoms with van der Waals surface area (Å²) in [6.07, 6.45) is -2.36. The lowest BCUT2D eigenvalue weighted by atomic mass is 10.1. The number of nitrogens with zero attached hydrogens (tertiary/aromatic N) is 2. The number of hydrogen-bond acceptors (Lipinski definition) is 7. The normalized spacial score (nSPS) is 31.6. The molecule has 0 aliphatic carbocycles. The van der Waals surface area contributed by atoms with Gasteiger partial charge in [0.2, 0.25) is 4.77 Å². The van der Waals surface area contributed by atoms with Gasteiger partial charge in [0.1, 0.15) is 24.1 Å². The molecule has 0 spiro atoms. The third-order valence-corrected chi connectivity index (χ3v) is 3.18. The van der Waals surface area contributed by atoms with Crippen LogP contribution in [0.25, 0.3) is 0 Å². The van der Waals surface area contributed by atoms with Crippen molar-refractivity contribution in [2.45, 2.75) is 24.5 Å². The molecule has 1 aliphatic rings. The number of hydrogen-bond donors (Lipinski definition) is 4. The minimum Gasteiger partial charge on any atom is -0.394 e. The summed E-state index contributed by atoms with van der Waals surface area (Å²) in [5.41, 5.74) is 0. The summed E-state index contributed by atoms with van der Waals surface area (Å²) < 4.78 is 7.02. The number of rotatable bonds is 3. The van der Waals surface area contributed by atoms with E-state index in [1.165, 1.54) is 4.57 Å². The Morgan fingerprint density at radius 1 is 1.50 bits per heavy atom. The van der Waals surface area contributed by atoms with Gasteiger partial charge >= 0.3 is 0 Å². The summed E-state index contributed by atoms with van der Waals surface area (Å²) in [5.74, 6) is 0.600. The van der Waals surface area contributed by atoms with Gasteiger partial charge in [0.15, 0.2) is 6.23 Å². The van der Waals surface area contributed by atoms with Crippen LogP contribution in [0.5, 0.6) is 0 Å². The fraction of sp³-hybridized carbons (Fsp3) is 0.600. The van der Waals surface area contributed by atoms with E-state index in [2.05, 4.69) is 10.3 Å². The molecule has 4 atom stereocenters. The minimum absolute atomic E-state index is 0.219. The molecule has 18 heavy (non-hydrogen) atoms. The van der Waals surface area contributed by atoms with Gasteiger partial charge in [-0.3, -0.25) is 4.57 Å². The van der Waals surface area contributed by atoms with Crippen LogP contribution >= 0.6 is 12.2 Å². The quantitative estimate of drug-likeness (QED) is 0.539. The van der Waals surface area contributed by atoms with E-state index < -0.39 is 24.5 Å². The maximum atomic E-state index is 9.87. The Kier molecular flexibility index (Phi) is 3.93. The Morgan fingerprint density at radius 3 is 2.72 bits per heavy atom. The smallest absolute Gasteiger partial charge is 0.203 e. The molecule has 4 N–H and O–H groups in total. The summed E-state index contributed by atoms with van der Waals surface area (Å²) >= 11 is 5.09. The molecule has 2 rings (SSSR count). The Bertz CT molecular complexity index is 480. The first-order chi connectivity index (χ1) is 8.58. The van der Waals surface area contributed by atoms with Gasteiger partial charge in [-0.2, -0.15) is 0 Å². The molecule has 100 valence electrons. The highest BCUT2D eigenvalue weighted by Crippen LogP contribution is 2.29. The van der Waals surface area contributed by atoms with Crippen molar-refractivity contribution in [3.8, 4) is 0 Å². The van der Waals surface area contributed by atoms with E-state index >= 15 is 0 Å². The fourth-order valence-electron chi connectivity index (χ4n) is 1.86. The minimum atomic E-state index is -1.16. The lowest BCUT2D eigenvalue weighted by Gasteiger charge is -2.18. The Morgan fingerprint density at radius 2 is 2.22 bits per heavy atom. The second-order valence-electron chi connectivity index (χ2n) is 3.98. The van der Waals surface area contributed by atoms with Gasteiger partial charge in [-0.25, -0.2) is 4.98 Å². The van der Waals surface area contributed by atoms with Crippen LogP contribution in [0.4, 0.5) is 5.82 Å². The maximum absolute atomic E-state index is 9.87. The first kappa shape index (κ1) is 13.4. The highest BCUT2D eigenvalue weighted by Gasteiger charge is 2.43. The lowest BCUT2D eigenvalue weighted by Crippen LogP contribution is -2.33. The standard InChI is InChI=1S/C10H15N3O4S/c1-11-6-2-3-13(10(18)12-6)9-8(16)7(15)5(4-14)17-9/h2-3,5,7-9,14-16H,4H2,1H3,(H,11,12,18)/t5-,7-,8-,9-/m1/s1. The van der Waals surface area contributed by atoms with Crippen molar-refractivity contribution in [2.24, 2.45) is 0 Å². The van der Waals surface area contributed by atoms with Crippen molar-refractivity contribution in [3.63, 3.8) is 0 Å². The predicted octanol–water partition coefficient (Wildman–Crippen LogP) is -0.734. The van der Waals surface area contributed by atoms with E-state index in [-0.39, 0.29) is 11.4 Å². The summed E-state index contributed by atoms with van der Waals surface area (Å²) in [6.45, 7) is -0.371. The lowest BCUT2D eigenvalue weighted by molar-refractivity contribution is -0.0540. The molecule has 0 aromatic carbocycles. The van der Waals surface area contributed by atoms with Crippen molar-refractivity contribution >= 4 is 18.0 Å². The van der Waals surface area contributed by atoms with Crippen LogP contribution in [0.1, 0.15) is 6.23 Å². The number of aliphatic hydroxyl groups excluding tert-OH is 3. The largest absolute Gasteiger partial charge is 0.394 e. The van der Waals surface area contributed by atoms with E-state index in [4.69, 9.17) is 22.1 Å². The van der Waals surface area contributed by atoms with Crippen LogP contribution in [0.15, 0.2) is 12.3 Å². The molecule has 0 unspecified atom stereocenters. The third-order valence-electron chi connectivity index (χ3n) is 2.88. The highest BCUT2D eigenvalue weighted by atomic mass is 32.1. The summed E-state index contributed by atoms with van der Waals surface area (Å²) in [7, 11) is 1.72. The van der Waals surface area contributed by atoms with Crippen LogP contribution in [0, 0.1) is 4.77 Å². The molecular formula is C10H15N3O4S. The SMILES string of the molecule is CNc1ccn([C@@H]2O[C@H](CO)[C@@H](O)[C@H]2O)c(=S)n1. The van der Waals surface area contributed by atoms with Gasteiger partial charge in [-0.05, 0) is 18.3 Å². The topological polar surface area (TPSA) is 99.8 Å².